The van der Waals surface area contributed by atoms with Crippen LogP contribution in [-0.4, -0.2) is 47.4 Å². The number of carboxylic acids is 1. The number of carbonyl (C=O) groups excluding carboxylic acids is 2. The Labute approximate surface area is 141 Å². The number of carboxylic acid groups (broad SMARTS) is 1. The molecule has 0 radical (unpaired) electrons. The maximum Gasteiger partial charge on any atom is 0.308 e. The smallest absolute Gasteiger partial charge is 0.308 e. The van der Waals surface area contributed by atoms with Gasteiger partial charge in [0, 0.05) is 25.2 Å². The van der Waals surface area contributed by atoms with Gasteiger partial charge >= 0.3 is 5.97 Å². The number of carbonyl (C=O) groups is 3. The summed E-state index contributed by atoms with van der Waals surface area (Å²) in [5.41, 5.74) is 0.171. The van der Waals surface area contributed by atoms with Crippen LogP contribution in [0.15, 0.2) is 24.3 Å². The van der Waals surface area contributed by atoms with Crippen LogP contribution in [0.4, 0.5) is 0 Å². The third-order valence-electron chi connectivity index (χ3n) is 4.71. The zero-order valence-electron chi connectivity index (χ0n) is 14.3. The van der Waals surface area contributed by atoms with E-state index in [4.69, 9.17) is 0 Å². The first-order chi connectivity index (χ1) is 11.2. The standard InChI is InChI=1S/C18H24N2O4/c1-18(11-5-4-6-14(18)17(23)24)19-15(21)12-7-9-13(10-8-12)16(22)20(2)3/h7-10,14H,4-6,11H2,1-3H3,(H,19,21)(H,23,24). The molecule has 130 valence electrons. The van der Waals surface area contributed by atoms with Crippen molar-refractivity contribution in [2.24, 2.45) is 5.92 Å². The van der Waals surface area contributed by atoms with Gasteiger partial charge in [0.1, 0.15) is 0 Å². The van der Waals surface area contributed by atoms with Crippen LogP contribution in [0.25, 0.3) is 0 Å². The fourth-order valence-corrected chi connectivity index (χ4v) is 3.23. The molecule has 2 atom stereocenters. The van der Waals surface area contributed by atoms with Crippen LogP contribution in [0.3, 0.4) is 0 Å². The molecule has 1 aromatic carbocycles. The minimum Gasteiger partial charge on any atom is -0.481 e. The lowest BCUT2D eigenvalue weighted by Crippen LogP contribution is -2.55. The van der Waals surface area contributed by atoms with Gasteiger partial charge in [0.2, 0.25) is 0 Å². The minimum atomic E-state index is -0.871. The number of rotatable bonds is 4. The molecule has 1 aliphatic rings. The van der Waals surface area contributed by atoms with Crippen molar-refractivity contribution in [3.05, 3.63) is 35.4 Å². The molecule has 1 aliphatic carbocycles. The van der Waals surface area contributed by atoms with Crippen molar-refractivity contribution in [2.75, 3.05) is 14.1 Å². The summed E-state index contributed by atoms with van der Waals surface area (Å²) in [5, 5.41) is 12.3. The fourth-order valence-electron chi connectivity index (χ4n) is 3.23. The largest absolute Gasteiger partial charge is 0.481 e. The highest BCUT2D eigenvalue weighted by atomic mass is 16.4. The van der Waals surface area contributed by atoms with E-state index in [1.54, 1.807) is 45.3 Å². The van der Waals surface area contributed by atoms with Gasteiger partial charge in [0.25, 0.3) is 11.8 Å². The molecule has 2 N–H and O–H groups in total. The van der Waals surface area contributed by atoms with E-state index in [-0.39, 0.29) is 11.8 Å². The van der Waals surface area contributed by atoms with Crippen molar-refractivity contribution in [1.29, 1.82) is 0 Å². The quantitative estimate of drug-likeness (QED) is 0.884. The molecule has 0 bridgehead atoms. The van der Waals surface area contributed by atoms with Crippen LogP contribution in [0, 0.1) is 5.92 Å². The lowest BCUT2D eigenvalue weighted by molar-refractivity contribution is -0.145. The van der Waals surface area contributed by atoms with Gasteiger partial charge in [0.05, 0.1) is 11.5 Å². The van der Waals surface area contributed by atoms with Crippen LogP contribution < -0.4 is 5.32 Å². The predicted octanol–water partition coefficient (Wildman–Crippen LogP) is 2.15. The van der Waals surface area contributed by atoms with Crippen LogP contribution in [0.5, 0.6) is 0 Å². The van der Waals surface area contributed by atoms with Gasteiger partial charge in [-0.25, -0.2) is 0 Å². The molecule has 0 heterocycles. The lowest BCUT2D eigenvalue weighted by Gasteiger charge is -2.39. The average Bonchev–Trinajstić information content (AvgIpc) is 2.53. The maximum atomic E-state index is 12.5. The molecule has 0 spiro atoms. The van der Waals surface area contributed by atoms with Crippen LogP contribution >= 0.6 is 0 Å². The first-order valence-electron chi connectivity index (χ1n) is 8.11. The van der Waals surface area contributed by atoms with Crippen LogP contribution in [-0.2, 0) is 4.79 Å². The van der Waals surface area contributed by atoms with E-state index >= 15 is 0 Å². The number of amides is 2. The Hall–Kier alpha value is -2.37. The van der Waals surface area contributed by atoms with Crippen molar-refractivity contribution in [3.63, 3.8) is 0 Å². The summed E-state index contributed by atoms with van der Waals surface area (Å²) in [7, 11) is 3.33. The summed E-state index contributed by atoms with van der Waals surface area (Å²) in [5.74, 6) is -1.89. The second-order valence-corrected chi connectivity index (χ2v) is 6.79. The van der Waals surface area contributed by atoms with Gasteiger partial charge in [-0.05, 0) is 44.0 Å². The number of hydrogen-bond donors (Lipinski definition) is 2. The van der Waals surface area contributed by atoms with Gasteiger partial charge in [0.15, 0.2) is 0 Å². The Morgan fingerprint density at radius 1 is 1.12 bits per heavy atom. The zero-order chi connectivity index (χ0) is 17.9. The fraction of sp³-hybridized carbons (Fsp3) is 0.500. The molecule has 0 aromatic heterocycles. The summed E-state index contributed by atoms with van der Waals surface area (Å²) in [6.07, 6.45) is 2.98. The average molecular weight is 332 g/mol. The van der Waals surface area contributed by atoms with E-state index in [9.17, 15) is 19.5 Å². The molecule has 2 unspecified atom stereocenters. The summed E-state index contributed by atoms with van der Waals surface area (Å²) in [6.45, 7) is 1.80. The molecule has 1 aromatic rings. The SMILES string of the molecule is CN(C)C(=O)c1ccc(C(=O)NC2(C)CCCCC2C(=O)O)cc1. The first kappa shape index (κ1) is 18.0. The van der Waals surface area contributed by atoms with E-state index in [2.05, 4.69) is 5.32 Å². The zero-order valence-corrected chi connectivity index (χ0v) is 14.3. The molecule has 1 saturated carbocycles. The molecule has 24 heavy (non-hydrogen) atoms. The lowest BCUT2D eigenvalue weighted by atomic mass is 9.73. The number of hydrogen-bond acceptors (Lipinski definition) is 3. The summed E-state index contributed by atoms with van der Waals surface area (Å²) in [6, 6.07) is 6.40. The number of nitrogens with zero attached hydrogens (tertiary/aromatic N) is 1. The Morgan fingerprint density at radius 3 is 2.25 bits per heavy atom. The van der Waals surface area contributed by atoms with Crippen molar-refractivity contribution in [3.8, 4) is 0 Å². The predicted molar refractivity (Wildman–Crippen MR) is 89.9 cm³/mol. The monoisotopic (exact) mass is 332 g/mol. The molecule has 6 nitrogen and oxygen atoms in total. The topological polar surface area (TPSA) is 86.7 Å². The van der Waals surface area contributed by atoms with E-state index in [0.717, 1.165) is 12.8 Å². The third kappa shape index (κ3) is 3.75. The van der Waals surface area contributed by atoms with E-state index < -0.39 is 17.4 Å². The highest BCUT2D eigenvalue weighted by Crippen LogP contribution is 2.34. The van der Waals surface area contributed by atoms with Gasteiger partial charge in [-0.15, -0.1) is 0 Å². The van der Waals surface area contributed by atoms with Crippen molar-refractivity contribution < 1.29 is 19.5 Å². The Bertz CT molecular complexity index is 639. The highest BCUT2D eigenvalue weighted by molar-refractivity contribution is 5.98. The molecule has 2 rings (SSSR count). The Kier molecular flexibility index (Phi) is 5.26. The normalized spacial score (nSPS) is 23.4. The molecule has 1 fully saturated rings. The summed E-state index contributed by atoms with van der Waals surface area (Å²) >= 11 is 0. The van der Waals surface area contributed by atoms with Gasteiger partial charge in [-0.2, -0.15) is 0 Å². The van der Waals surface area contributed by atoms with Crippen LogP contribution in [0.1, 0.15) is 53.3 Å². The molecular weight excluding hydrogens is 308 g/mol. The first-order valence-corrected chi connectivity index (χ1v) is 8.11. The Balaban J connectivity index is 2.14. The number of nitrogens with one attached hydrogen (secondary N) is 1. The summed E-state index contributed by atoms with van der Waals surface area (Å²) < 4.78 is 0. The van der Waals surface area contributed by atoms with Gasteiger partial charge in [-0.3, -0.25) is 14.4 Å². The number of benzene rings is 1. The molecule has 2 amide bonds. The molecule has 0 saturated heterocycles. The third-order valence-corrected chi connectivity index (χ3v) is 4.71. The Morgan fingerprint density at radius 2 is 1.71 bits per heavy atom. The molecule has 0 aliphatic heterocycles. The van der Waals surface area contributed by atoms with Crippen LogP contribution in [0.2, 0.25) is 0 Å². The van der Waals surface area contributed by atoms with E-state index in [1.807, 2.05) is 0 Å². The number of aliphatic carboxylic acids is 1. The summed E-state index contributed by atoms with van der Waals surface area (Å²) in [4.78, 5) is 37.3. The highest BCUT2D eigenvalue weighted by Gasteiger charge is 2.42. The van der Waals surface area contributed by atoms with E-state index in [1.165, 1.54) is 4.90 Å². The van der Waals surface area contributed by atoms with Crippen molar-refractivity contribution in [2.45, 2.75) is 38.1 Å². The second-order valence-electron chi connectivity index (χ2n) is 6.79. The van der Waals surface area contributed by atoms with Crippen molar-refractivity contribution >= 4 is 17.8 Å². The molecule has 6 heteroatoms. The van der Waals surface area contributed by atoms with Gasteiger partial charge < -0.3 is 15.3 Å². The molecular formula is C18H24N2O4. The maximum absolute atomic E-state index is 12.5. The van der Waals surface area contributed by atoms with E-state index in [0.29, 0.717) is 24.0 Å². The van der Waals surface area contributed by atoms with Gasteiger partial charge in [-0.1, -0.05) is 12.8 Å². The minimum absolute atomic E-state index is 0.132. The van der Waals surface area contributed by atoms with Crippen molar-refractivity contribution in [1.82, 2.24) is 10.2 Å². The second kappa shape index (κ2) is 7.03.